The molecule has 3 heterocycles. The number of carbonyl (C=O) groups excluding carboxylic acids is 1. The van der Waals surface area contributed by atoms with Crippen molar-refractivity contribution in [2.75, 3.05) is 13.1 Å². The summed E-state index contributed by atoms with van der Waals surface area (Å²) in [7, 11) is 1.92. The van der Waals surface area contributed by atoms with E-state index in [9.17, 15) is 4.79 Å². The third-order valence-corrected chi connectivity index (χ3v) is 5.01. The molecule has 0 N–H and O–H groups in total. The molecule has 0 saturated carbocycles. The molecule has 0 unspecified atom stereocenters. The third-order valence-electron chi connectivity index (χ3n) is 5.01. The third kappa shape index (κ3) is 2.95. The summed E-state index contributed by atoms with van der Waals surface area (Å²) in [4.78, 5) is 19.3. The Morgan fingerprint density at radius 1 is 1.33 bits per heavy atom. The molecule has 3 rings (SSSR count). The largest absolute Gasteiger partial charge is 0.341 e. The van der Waals surface area contributed by atoms with Gasteiger partial charge in [0.25, 0.3) is 0 Å². The zero-order valence-corrected chi connectivity index (χ0v) is 15.0. The predicted octanol–water partition coefficient (Wildman–Crippen LogP) is 2.24. The summed E-state index contributed by atoms with van der Waals surface area (Å²) in [6.07, 6.45) is 1.95. The second-order valence-corrected chi connectivity index (χ2v) is 6.72. The van der Waals surface area contributed by atoms with Gasteiger partial charge in [0, 0.05) is 44.2 Å². The number of rotatable bonds is 3. The lowest BCUT2D eigenvalue weighted by atomic mass is 9.93. The molecule has 1 aliphatic rings. The van der Waals surface area contributed by atoms with Gasteiger partial charge in [0.05, 0.1) is 11.6 Å². The zero-order chi connectivity index (χ0) is 17.4. The number of carbonyl (C=O) groups is 1. The van der Waals surface area contributed by atoms with Crippen LogP contribution >= 0.6 is 0 Å². The molecule has 0 aliphatic carbocycles. The van der Waals surface area contributed by atoms with Crippen LogP contribution in [0.2, 0.25) is 0 Å². The fraction of sp³-hybridized carbons (Fsp3) is 0.647. The van der Waals surface area contributed by atoms with Gasteiger partial charge in [-0.25, -0.2) is 0 Å². The van der Waals surface area contributed by atoms with Gasteiger partial charge in [-0.1, -0.05) is 5.16 Å². The van der Waals surface area contributed by atoms with Crippen LogP contribution in [0.3, 0.4) is 0 Å². The predicted molar refractivity (Wildman–Crippen MR) is 88.7 cm³/mol. The maximum absolute atomic E-state index is 13.0. The molecule has 1 fully saturated rings. The monoisotopic (exact) mass is 331 g/mol. The van der Waals surface area contributed by atoms with Crippen LogP contribution in [-0.4, -0.2) is 43.8 Å². The van der Waals surface area contributed by atoms with E-state index in [1.807, 2.05) is 37.4 Å². The second-order valence-electron chi connectivity index (χ2n) is 6.72. The summed E-state index contributed by atoms with van der Waals surface area (Å²) in [6, 6.07) is 0. The molecule has 7 heteroatoms. The van der Waals surface area contributed by atoms with Crippen molar-refractivity contribution in [3.63, 3.8) is 0 Å². The molecule has 7 nitrogen and oxygen atoms in total. The first-order valence-corrected chi connectivity index (χ1v) is 8.47. The van der Waals surface area contributed by atoms with Gasteiger partial charge in [-0.15, -0.1) is 0 Å². The van der Waals surface area contributed by atoms with Crippen molar-refractivity contribution in [1.82, 2.24) is 24.8 Å². The van der Waals surface area contributed by atoms with Crippen LogP contribution < -0.4 is 0 Å². The number of piperidine rings is 1. The van der Waals surface area contributed by atoms with E-state index in [0.717, 1.165) is 36.3 Å². The minimum absolute atomic E-state index is 0.152. The molecule has 1 amide bonds. The Morgan fingerprint density at radius 2 is 2.08 bits per heavy atom. The summed E-state index contributed by atoms with van der Waals surface area (Å²) in [5, 5.41) is 8.47. The van der Waals surface area contributed by atoms with Gasteiger partial charge in [-0.05, 0) is 33.6 Å². The molecule has 1 saturated heterocycles. The molecule has 0 radical (unpaired) electrons. The van der Waals surface area contributed by atoms with Gasteiger partial charge in [-0.3, -0.25) is 9.48 Å². The summed E-state index contributed by atoms with van der Waals surface area (Å²) in [5.41, 5.74) is 3.02. The van der Waals surface area contributed by atoms with Gasteiger partial charge in [0.1, 0.15) is 0 Å². The second kappa shape index (κ2) is 6.37. The minimum Gasteiger partial charge on any atom is -0.341 e. The summed E-state index contributed by atoms with van der Waals surface area (Å²) >= 11 is 0. The number of likely N-dealkylation sites (tertiary alicyclic amines) is 1. The van der Waals surface area contributed by atoms with E-state index in [1.165, 1.54) is 0 Å². The highest BCUT2D eigenvalue weighted by molar-refractivity contribution is 5.84. The molecule has 130 valence electrons. The SMILES string of the molecule is Cc1nc([C@H]2CCCN(C(=O)[C@H](C)c3c(C)nn(C)c3C)C2)no1. The number of amides is 1. The van der Waals surface area contributed by atoms with Gasteiger partial charge < -0.3 is 9.42 Å². The Morgan fingerprint density at radius 3 is 2.67 bits per heavy atom. The number of aryl methyl sites for hydroxylation is 3. The van der Waals surface area contributed by atoms with Crippen LogP contribution in [0.15, 0.2) is 4.52 Å². The average molecular weight is 331 g/mol. The Kier molecular flexibility index (Phi) is 4.43. The molecule has 2 aromatic rings. The lowest BCUT2D eigenvalue weighted by Crippen LogP contribution is -2.41. The van der Waals surface area contributed by atoms with Gasteiger partial charge >= 0.3 is 0 Å². The lowest BCUT2D eigenvalue weighted by Gasteiger charge is -2.33. The van der Waals surface area contributed by atoms with Crippen LogP contribution in [0, 0.1) is 20.8 Å². The molecule has 24 heavy (non-hydrogen) atoms. The van der Waals surface area contributed by atoms with Crippen molar-refractivity contribution in [2.45, 2.75) is 52.4 Å². The van der Waals surface area contributed by atoms with E-state index in [4.69, 9.17) is 4.52 Å². The highest BCUT2D eigenvalue weighted by Gasteiger charge is 2.32. The molecule has 0 spiro atoms. The van der Waals surface area contributed by atoms with Crippen molar-refractivity contribution < 1.29 is 9.32 Å². The summed E-state index contributed by atoms with van der Waals surface area (Å²) < 4.78 is 6.93. The van der Waals surface area contributed by atoms with Crippen LogP contribution in [0.4, 0.5) is 0 Å². The number of aromatic nitrogens is 4. The normalized spacial score (nSPS) is 19.5. The Labute approximate surface area is 142 Å². The van der Waals surface area contributed by atoms with Gasteiger partial charge in [0.15, 0.2) is 5.82 Å². The molecule has 0 bridgehead atoms. The Hall–Kier alpha value is -2.18. The molecule has 0 aromatic carbocycles. The standard InChI is InChI=1S/C17H25N5O2/c1-10(15-11(2)19-21(5)12(15)3)17(23)22-8-6-7-14(9-22)16-18-13(4)24-20-16/h10,14H,6-9H2,1-5H3/t10-,14+/m1/s1. The van der Waals surface area contributed by atoms with E-state index in [-0.39, 0.29) is 17.7 Å². The Bertz CT molecular complexity index is 748. The number of hydrogen-bond donors (Lipinski definition) is 0. The topological polar surface area (TPSA) is 77.1 Å². The van der Waals surface area contributed by atoms with E-state index in [2.05, 4.69) is 15.2 Å². The van der Waals surface area contributed by atoms with Gasteiger partial charge in [-0.2, -0.15) is 10.1 Å². The van der Waals surface area contributed by atoms with E-state index in [1.54, 1.807) is 6.92 Å². The smallest absolute Gasteiger partial charge is 0.229 e. The fourth-order valence-electron chi connectivity index (χ4n) is 3.68. The molecule has 2 atom stereocenters. The number of hydrogen-bond acceptors (Lipinski definition) is 5. The average Bonchev–Trinajstić information content (AvgIpc) is 3.10. The molecular weight excluding hydrogens is 306 g/mol. The zero-order valence-electron chi connectivity index (χ0n) is 15.0. The van der Waals surface area contributed by atoms with Crippen LogP contribution in [0.25, 0.3) is 0 Å². The van der Waals surface area contributed by atoms with Crippen molar-refractivity contribution in [3.05, 3.63) is 28.7 Å². The highest BCUT2D eigenvalue weighted by atomic mass is 16.5. The fourth-order valence-corrected chi connectivity index (χ4v) is 3.68. The van der Waals surface area contributed by atoms with Crippen molar-refractivity contribution >= 4 is 5.91 Å². The Balaban J connectivity index is 1.76. The first kappa shape index (κ1) is 16.7. The quantitative estimate of drug-likeness (QED) is 0.862. The molecule has 2 aromatic heterocycles. The minimum atomic E-state index is -0.190. The maximum atomic E-state index is 13.0. The van der Waals surface area contributed by atoms with Crippen LogP contribution in [0.5, 0.6) is 0 Å². The van der Waals surface area contributed by atoms with E-state index < -0.39 is 0 Å². The molecular formula is C17H25N5O2. The first-order chi connectivity index (χ1) is 11.4. The highest BCUT2D eigenvalue weighted by Crippen LogP contribution is 2.29. The van der Waals surface area contributed by atoms with Crippen molar-refractivity contribution in [1.29, 1.82) is 0 Å². The van der Waals surface area contributed by atoms with Crippen LogP contribution in [-0.2, 0) is 11.8 Å². The first-order valence-electron chi connectivity index (χ1n) is 8.47. The molecule has 1 aliphatic heterocycles. The van der Waals surface area contributed by atoms with Crippen molar-refractivity contribution in [2.24, 2.45) is 7.05 Å². The maximum Gasteiger partial charge on any atom is 0.229 e. The van der Waals surface area contributed by atoms with Gasteiger partial charge in [0.2, 0.25) is 11.8 Å². The lowest BCUT2D eigenvalue weighted by molar-refractivity contribution is -0.133. The van der Waals surface area contributed by atoms with Crippen molar-refractivity contribution in [3.8, 4) is 0 Å². The van der Waals surface area contributed by atoms with E-state index >= 15 is 0 Å². The van der Waals surface area contributed by atoms with Crippen LogP contribution in [0.1, 0.15) is 60.3 Å². The number of nitrogens with zero attached hydrogens (tertiary/aromatic N) is 5. The van der Waals surface area contributed by atoms with E-state index in [0.29, 0.717) is 18.3 Å². The summed E-state index contributed by atoms with van der Waals surface area (Å²) in [6.45, 7) is 9.18. The summed E-state index contributed by atoms with van der Waals surface area (Å²) in [5.74, 6) is 1.40.